The molecule has 0 unspecified atom stereocenters. The SMILES string of the molecule is O=C(CCCCN1CCCCC1)Nc1cc(-c2ccc(Br)cc2)n[nH]1. The first kappa shape index (κ1) is 18.1. The standard InChI is InChI=1S/C19H25BrN4O/c20-16-9-7-15(8-10-16)17-14-18(23-22-17)21-19(25)6-2-5-13-24-11-3-1-4-12-24/h7-10,14H,1-6,11-13H2,(H2,21,22,23,25). The first-order chi connectivity index (χ1) is 12.2. The Morgan fingerprint density at radius 1 is 1.16 bits per heavy atom. The lowest BCUT2D eigenvalue weighted by molar-refractivity contribution is -0.116. The van der Waals surface area contributed by atoms with E-state index in [9.17, 15) is 4.79 Å². The predicted octanol–water partition coefficient (Wildman–Crippen LogP) is 4.43. The largest absolute Gasteiger partial charge is 0.311 e. The van der Waals surface area contributed by atoms with E-state index < -0.39 is 0 Å². The highest BCUT2D eigenvalue weighted by Gasteiger charge is 2.10. The molecule has 2 aromatic rings. The summed E-state index contributed by atoms with van der Waals surface area (Å²) in [6.45, 7) is 3.56. The van der Waals surface area contributed by atoms with Crippen molar-refractivity contribution in [3.63, 3.8) is 0 Å². The summed E-state index contributed by atoms with van der Waals surface area (Å²) < 4.78 is 1.03. The molecule has 0 bridgehead atoms. The number of hydrogen-bond acceptors (Lipinski definition) is 3. The van der Waals surface area contributed by atoms with E-state index in [2.05, 4.69) is 36.3 Å². The number of H-pyrrole nitrogens is 1. The van der Waals surface area contributed by atoms with E-state index in [0.717, 1.165) is 35.1 Å². The molecule has 1 aliphatic heterocycles. The van der Waals surface area contributed by atoms with Gasteiger partial charge in [-0.3, -0.25) is 9.89 Å². The van der Waals surface area contributed by atoms with Crippen LogP contribution in [0.15, 0.2) is 34.8 Å². The van der Waals surface area contributed by atoms with Crippen molar-refractivity contribution in [2.45, 2.75) is 38.5 Å². The molecule has 0 aliphatic carbocycles. The minimum Gasteiger partial charge on any atom is -0.311 e. The van der Waals surface area contributed by atoms with Crippen LogP contribution in [0.1, 0.15) is 38.5 Å². The summed E-state index contributed by atoms with van der Waals surface area (Å²) in [6, 6.07) is 9.81. The summed E-state index contributed by atoms with van der Waals surface area (Å²) in [6.07, 6.45) is 6.57. The number of likely N-dealkylation sites (tertiary alicyclic amines) is 1. The van der Waals surface area contributed by atoms with Gasteiger partial charge >= 0.3 is 0 Å². The van der Waals surface area contributed by atoms with E-state index in [1.807, 2.05) is 30.3 Å². The van der Waals surface area contributed by atoms with Crippen LogP contribution in [0, 0.1) is 0 Å². The Bertz CT molecular complexity index is 677. The second-order valence-electron chi connectivity index (χ2n) is 6.58. The van der Waals surface area contributed by atoms with Gasteiger partial charge in [-0.1, -0.05) is 34.5 Å². The van der Waals surface area contributed by atoms with Crippen molar-refractivity contribution in [2.24, 2.45) is 0 Å². The number of aromatic amines is 1. The minimum atomic E-state index is 0.0460. The number of aromatic nitrogens is 2. The van der Waals surface area contributed by atoms with Crippen molar-refractivity contribution >= 4 is 27.7 Å². The molecule has 1 aromatic carbocycles. The van der Waals surface area contributed by atoms with Crippen LogP contribution in [0.2, 0.25) is 0 Å². The predicted molar refractivity (Wildman–Crippen MR) is 104 cm³/mol. The van der Waals surface area contributed by atoms with Crippen LogP contribution < -0.4 is 5.32 Å². The lowest BCUT2D eigenvalue weighted by Gasteiger charge is -2.26. The van der Waals surface area contributed by atoms with E-state index in [0.29, 0.717) is 12.2 Å². The van der Waals surface area contributed by atoms with Gasteiger partial charge in [-0.25, -0.2) is 0 Å². The van der Waals surface area contributed by atoms with Gasteiger partial charge in [-0.2, -0.15) is 5.10 Å². The molecule has 5 nitrogen and oxygen atoms in total. The molecule has 2 N–H and O–H groups in total. The molecule has 0 radical (unpaired) electrons. The Hall–Kier alpha value is -1.66. The Balaban J connectivity index is 1.40. The van der Waals surface area contributed by atoms with Crippen LogP contribution in [0.3, 0.4) is 0 Å². The highest BCUT2D eigenvalue weighted by atomic mass is 79.9. The van der Waals surface area contributed by atoms with Crippen molar-refractivity contribution in [3.05, 3.63) is 34.8 Å². The van der Waals surface area contributed by atoms with Gasteiger partial charge in [-0.15, -0.1) is 0 Å². The van der Waals surface area contributed by atoms with Gasteiger partial charge in [0, 0.05) is 22.5 Å². The van der Waals surface area contributed by atoms with Gasteiger partial charge in [0.05, 0.1) is 5.69 Å². The van der Waals surface area contributed by atoms with E-state index in [-0.39, 0.29) is 5.91 Å². The fourth-order valence-corrected chi connectivity index (χ4v) is 3.44. The topological polar surface area (TPSA) is 61.0 Å². The van der Waals surface area contributed by atoms with Crippen LogP contribution in [-0.2, 0) is 4.79 Å². The average molecular weight is 405 g/mol. The quantitative estimate of drug-likeness (QED) is 0.670. The van der Waals surface area contributed by atoms with Crippen LogP contribution in [0.4, 0.5) is 5.82 Å². The van der Waals surface area contributed by atoms with E-state index in [1.165, 1.54) is 32.4 Å². The summed E-state index contributed by atoms with van der Waals surface area (Å²) in [5, 5.41) is 10.1. The maximum absolute atomic E-state index is 12.1. The third-order valence-corrected chi connectivity index (χ3v) is 5.10. The van der Waals surface area contributed by atoms with Gasteiger partial charge in [-0.05, 0) is 57.5 Å². The second-order valence-corrected chi connectivity index (χ2v) is 7.50. The Kier molecular flexibility index (Phi) is 6.64. The molecule has 3 rings (SSSR count). The number of anilines is 1. The number of nitrogens with one attached hydrogen (secondary N) is 2. The van der Waals surface area contributed by atoms with Gasteiger partial charge in [0.1, 0.15) is 5.82 Å². The number of benzene rings is 1. The van der Waals surface area contributed by atoms with Crippen molar-refractivity contribution in [2.75, 3.05) is 25.0 Å². The monoisotopic (exact) mass is 404 g/mol. The molecule has 6 heteroatoms. The molecule has 1 aromatic heterocycles. The smallest absolute Gasteiger partial charge is 0.225 e. The normalized spacial score (nSPS) is 15.2. The molecule has 1 fully saturated rings. The molecule has 2 heterocycles. The zero-order valence-electron chi connectivity index (χ0n) is 14.4. The lowest BCUT2D eigenvalue weighted by Crippen LogP contribution is -2.30. The molecule has 1 aliphatic rings. The molecule has 1 saturated heterocycles. The summed E-state index contributed by atoms with van der Waals surface area (Å²) in [5.74, 6) is 0.698. The van der Waals surface area contributed by atoms with Crippen LogP contribution in [0.25, 0.3) is 11.3 Å². The van der Waals surface area contributed by atoms with Gasteiger partial charge in [0.15, 0.2) is 0 Å². The molecule has 25 heavy (non-hydrogen) atoms. The number of hydrogen-bond donors (Lipinski definition) is 2. The highest BCUT2D eigenvalue weighted by Crippen LogP contribution is 2.22. The Morgan fingerprint density at radius 2 is 1.92 bits per heavy atom. The second kappa shape index (κ2) is 9.15. The maximum atomic E-state index is 12.1. The molecule has 0 spiro atoms. The summed E-state index contributed by atoms with van der Waals surface area (Å²) >= 11 is 3.42. The number of halogens is 1. The molecular formula is C19H25BrN4O. The molecule has 134 valence electrons. The van der Waals surface area contributed by atoms with Crippen LogP contribution >= 0.6 is 15.9 Å². The van der Waals surface area contributed by atoms with E-state index in [1.54, 1.807) is 0 Å². The molecule has 0 saturated carbocycles. The summed E-state index contributed by atoms with van der Waals surface area (Å²) in [4.78, 5) is 14.6. The molecule has 1 amide bonds. The van der Waals surface area contributed by atoms with Crippen LogP contribution in [0.5, 0.6) is 0 Å². The van der Waals surface area contributed by atoms with Crippen molar-refractivity contribution in [1.29, 1.82) is 0 Å². The van der Waals surface area contributed by atoms with Gasteiger partial charge in [0.25, 0.3) is 0 Å². The number of unbranched alkanes of at least 4 members (excludes halogenated alkanes) is 1. The third-order valence-electron chi connectivity index (χ3n) is 4.57. The van der Waals surface area contributed by atoms with E-state index >= 15 is 0 Å². The number of nitrogens with zero attached hydrogens (tertiary/aromatic N) is 2. The van der Waals surface area contributed by atoms with Crippen molar-refractivity contribution < 1.29 is 4.79 Å². The van der Waals surface area contributed by atoms with E-state index in [4.69, 9.17) is 0 Å². The molecule has 0 atom stereocenters. The zero-order valence-corrected chi connectivity index (χ0v) is 16.0. The Labute approximate surface area is 157 Å². The van der Waals surface area contributed by atoms with Crippen molar-refractivity contribution in [1.82, 2.24) is 15.1 Å². The minimum absolute atomic E-state index is 0.0460. The average Bonchev–Trinajstić information content (AvgIpc) is 3.09. The summed E-state index contributed by atoms with van der Waals surface area (Å²) in [5.41, 5.74) is 1.84. The maximum Gasteiger partial charge on any atom is 0.225 e. The number of amides is 1. The fraction of sp³-hybridized carbons (Fsp3) is 0.474. The highest BCUT2D eigenvalue weighted by molar-refractivity contribution is 9.10. The fourth-order valence-electron chi connectivity index (χ4n) is 3.17. The summed E-state index contributed by atoms with van der Waals surface area (Å²) in [7, 11) is 0. The number of carbonyl (C=O) groups is 1. The van der Waals surface area contributed by atoms with Crippen molar-refractivity contribution in [3.8, 4) is 11.3 Å². The number of rotatable bonds is 7. The Morgan fingerprint density at radius 3 is 2.68 bits per heavy atom. The lowest BCUT2D eigenvalue weighted by atomic mass is 10.1. The zero-order chi connectivity index (χ0) is 17.5. The first-order valence-electron chi connectivity index (χ1n) is 9.04. The number of piperidine rings is 1. The first-order valence-corrected chi connectivity index (χ1v) is 9.83. The number of carbonyl (C=O) groups excluding carboxylic acids is 1. The van der Waals surface area contributed by atoms with Crippen LogP contribution in [-0.4, -0.2) is 40.6 Å². The van der Waals surface area contributed by atoms with Gasteiger partial charge in [0.2, 0.25) is 5.91 Å². The van der Waals surface area contributed by atoms with Gasteiger partial charge < -0.3 is 10.2 Å². The third kappa shape index (κ3) is 5.68. The molecular weight excluding hydrogens is 380 g/mol.